The maximum Gasteiger partial charge on any atom is 0.0361 e. The number of thiophene rings is 1. The molecule has 0 aliphatic carbocycles. The smallest absolute Gasteiger partial charge is 0.0361 e. The zero-order valence-corrected chi connectivity index (χ0v) is 18.8. The normalized spacial score (nSPS) is 11.2. The van der Waals surface area contributed by atoms with Crippen molar-refractivity contribution in [2.75, 3.05) is 0 Å². The quantitative estimate of drug-likeness (QED) is 0.265. The fourth-order valence-corrected chi connectivity index (χ4v) is 5.73. The van der Waals surface area contributed by atoms with E-state index in [-0.39, 0.29) is 0 Å². The Morgan fingerprint density at radius 2 is 1.24 bits per heavy atom. The molecule has 5 aromatic carbocycles. The molecular formula is C31H21NS. The number of rotatable bonds is 4. The molecule has 0 atom stereocenters. The van der Waals surface area contributed by atoms with Crippen molar-refractivity contribution in [3.63, 3.8) is 0 Å². The van der Waals surface area contributed by atoms with Crippen molar-refractivity contribution in [1.82, 2.24) is 0 Å². The van der Waals surface area contributed by atoms with E-state index in [0.29, 0.717) is 0 Å². The lowest BCUT2D eigenvalue weighted by molar-refractivity contribution is 1.56. The van der Waals surface area contributed by atoms with Gasteiger partial charge in [-0.3, -0.25) is 0 Å². The van der Waals surface area contributed by atoms with Gasteiger partial charge in [0, 0.05) is 32.0 Å². The molecule has 0 aliphatic heterocycles. The van der Waals surface area contributed by atoms with Gasteiger partial charge in [-0.2, -0.15) is 0 Å². The molecule has 0 amide bonds. The van der Waals surface area contributed by atoms with Crippen LogP contribution in [0.25, 0.3) is 53.6 Å². The summed E-state index contributed by atoms with van der Waals surface area (Å²) in [6.45, 7) is 0. The second-order valence-electron chi connectivity index (χ2n) is 8.17. The molecular weight excluding hydrogens is 418 g/mol. The first-order valence-electron chi connectivity index (χ1n) is 11.0. The highest BCUT2D eigenvalue weighted by Crippen LogP contribution is 2.41. The number of hydrogen-bond acceptors (Lipinski definition) is 2. The molecule has 0 spiro atoms. The summed E-state index contributed by atoms with van der Waals surface area (Å²) in [7, 11) is 0. The van der Waals surface area contributed by atoms with E-state index in [0.717, 1.165) is 5.56 Å². The standard InChI is InChI=1S/C31H21NS/c32-20-25-12-7-13-30-31(25)28-19-24(15-17-29(28)33-30)27-18-23(21-8-3-1-4-9-21)14-16-26(27)22-10-5-2-6-11-22/h1-20,32H. The average molecular weight is 440 g/mol. The van der Waals surface area contributed by atoms with Crippen molar-refractivity contribution >= 4 is 37.7 Å². The lowest BCUT2D eigenvalue weighted by atomic mass is 9.90. The molecule has 1 aromatic heterocycles. The van der Waals surface area contributed by atoms with Gasteiger partial charge in [0.1, 0.15) is 0 Å². The Balaban J connectivity index is 1.62. The summed E-state index contributed by atoms with van der Waals surface area (Å²) in [6.07, 6.45) is 1.46. The SMILES string of the molecule is N=Cc1cccc2sc3ccc(-c4cc(-c5ccccc5)ccc4-c4ccccc4)cc3c12. The first kappa shape index (κ1) is 19.7. The fraction of sp³-hybridized carbons (Fsp3) is 0. The van der Waals surface area contributed by atoms with E-state index in [1.165, 1.54) is 59.8 Å². The molecule has 1 N–H and O–H groups in total. The van der Waals surface area contributed by atoms with Gasteiger partial charge in [-0.1, -0.05) is 91.0 Å². The molecule has 0 radical (unpaired) electrons. The molecule has 0 fully saturated rings. The molecule has 6 aromatic rings. The second-order valence-corrected chi connectivity index (χ2v) is 9.25. The van der Waals surface area contributed by atoms with Crippen LogP contribution in [0.15, 0.2) is 115 Å². The van der Waals surface area contributed by atoms with Crippen molar-refractivity contribution in [2.45, 2.75) is 0 Å². The Morgan fingerprint density at radius 3 is 2.00 bits per heavy atom. The molecule has 0 saturated carbocycles. The van der Waals surface area contributed by atoms with Gasteiger partial charge >= 0.3 is 0 Å². The third-order valence-electron chi connectivity index (χ3n) is 6.21. The van der Waals surface area contributed by atoms with Gasteiger partial charge in [-0.15, -0.1) is 11.3 Å². The van der Waals surface area contributed by atoms with Crippen LogP contribution in [0, 0.1) is 5.41 Å². The topological polar surface area (TPSA) is 23.9 Å². The van der Waals surface area contributed by atoms with Gasteiger partial charge < -0.3 is 5.41 Å². The van der Waals surface area contributed by atoms with E-state index >= 15 is 0 Å². The highest BCUT2D eigenvalue weighted by molar-refractivity contribution is 7.25. The third-order valence-corrected chi connectivity index (χ3v) is 7.34. The summed E-state index contributed by atoms with van der Waals surface area (Å²) in [5.41, 5.74) is 8.24. The summed E-state index contributed by atoms with van der Waals surface area (Å²) in [5.74, 6) is 0. The predicted molar refractivity (Wildman–Crippen MR) is 144 cm³/mol. The van der Waals surface area contributed by atoms with E-state index in [9.17, 15) is 0 Å². The number of nitrogens with one attached hydrogen (secondary N) is 1. The lowest BCUT2D eigenvalue weighted by Crippen LogP contribution is -1.88. The number of fused-ring (bicyclic) bond motifs is 3. The van der Waals surface area contributed by atoms with Crippen LogP contribution >= 0.6 is 11.3 Å². The molecule has 0 saturated heterocycles. The van der Waals surface area contributed by atoms with Gasteiger partial charge in [-0.25, -0.2) is 0 Å². The Morgan fingerprint density at radius 1 is 0.515 bits per heavy atom. The summed E-state index contributed by atoms with van der Waals surface area (Å²) in [4.78, 5) is 0. The lowest BCUT2D eigenvalue weighted by Gasteiger charge is -2.14. The molecule has 2 heteroatoms. The van der Waals surface area contributed by atoms with Crippen LogP contribution in [0.3, 0.4) is 0 Å². The highest BCUT2D eigenvalue weighted by Gasteiger charge is 2.13. The van der Waals surface area contributed by atoms with E-state index < -0.39 is 0 Å². The molecule has 33 heavy (non-hydrogen) atoms. The van der Waals surface area contributed by atoms with Crippen LogP contribution in [-0.4, -0.2) is 6.21 Å². The van der Waals surface area contributed by atoms with Gasteiger partial charge in [0.05, 0.1) is 0 Å². The van der Waals surface area contributed by atoms with E-state index in [2.05, 4.69) is 103 Å². The van der Waals surface area contributed by atoms with Gasteiger partial charge in [-0.05, 0) is 57.6 Å². The van der Waals surface area contributed by atoms with Crippen molar-refractivity contribution in [3.8, 4) is 33.4 Å². The minimum atomic E-state index is 0.970. The van der Waals surface area contributed by atoms with Crippen LogP contribution < -0.4 is 0 Å². The molecule has 0 unspecified atom stereocenters. The first-order valence-corrected chi connectivity index (χ1v) is 11.8. The van der Waals surface area contributed by atoms with Gasteiger partial charge in [0.15, 0.2) is 0 Å². The zero-order chi connectivity index (χ0) is 22.2. The maximum atomic E-state index is 7.91. The summed E-state index contributed by atoms with van der Waals surface area (Å²) < 4.78 is 2.48. The molecule has 0 bridgehead atoms. The number of benzene rings is 5. The van der Waals surface area contributed by atoms with Crippen LogP contribution in [0.4, 0.5) is 0 Å². The Hall–Kier alpha value is -4.01. The summed E-state index contributed by atoms with van der Waals surface area (Å²) in [5, 5.41) is 10.3. The molecule has 1 nitrogen and oxygen atoms in total. The van der Waals surface area contributed by atoms with Crippen LogP contribution in [0.2, 0.25) is 0 Å². The highest BCUT2D eigenvalue weighted by atomic mass is 32.1. The van der Waals surface area contributed by atoms with Crippen molar-refractivity contribution in [1.29, 1.82) is 5.41 Å². The second kappa shape index (κ2) is 8.16. The van der Waals surface area contributed by atoms with E-state index in [1.54, 1.807) is 11.3 Å². The van der Waals surface area contributed by atoms with Gasteiger partial charge in [0.2, 0.25) is 0 Å². The Labute approximate surface area is 197 Å². The average Bonchev–Trinajstić information content (AvgIpc) is 3.27. The van der Waals surface area contributed by atoms with Crippen LogP contribution in [0.5, 0.6) is 0 Å². The van der Waals surface area contributed by atoms with E-state index in [1.807, 2.05) is 12.1 Å². The minimum absolute atomic E-state index is 0.970. The van der Waals surface area contributed by atoms with Crippen LogP contribution in [-0.2, 0) is 0 Å². The predicted octanol–water partition coefficient (Wildman–Crippen LogP) is 9.05. The van der Waals surface area contributed by atoms with Gasteiger partial charge in [0.25, 0.3) is 0 Å². The summed E-state index contributed by atoms with van der Waals surface area (Å²) in [6, 6.07) is 40.9. The first-order chi connectivity index (χ1) is 16.3. The van der Waals surface area contributed by atoms with E-state index in [4.69, 9.17) is 5.41 Å². The monoisotopic (exact) mass is 439 g/mol. The molecule has 0 aliphatic rings. The van der Waals surface area contributed by atoms with Crippen LogP contribution in [0.1, 0.15) is 5.56 Å². The zero-order valence-electron chi connectivity index (χ0n) is 18.0. The largest absolute Gasteiger partial charge is 0.308 e. The van der Waals surface area contributed by atoms with Crippen molar-refractivity contribution < 1.29 is 0 Å². The van der Waals surface area contributed by atoms with Crippen molar-refractivity contribution in [2.24, 2.45) is 0 Å². The minimum Gasteiger partial charge on any atom is -0.308 e. The molecule has 156 valence electrons. The molecule has 6 rings (SSSR count). The Bertz CT molecular complexity index is 1610. The fourth-order valence-electron chi connectivity index (χ4n) is 4.60. The third kappa shape index (κ3) is 3.45. The number of hydrogen-bond donors (Lipinski definition) is 1. The Kier molecular flexibility index (Phi) is 4.86. The van der Waals surface area contributed by atoms with Crippen molar-refractivity contribution in [3.05, 3.63) is 121 Å². The molecule has 1 heterocycles. The maximum absolute atomic E-state index is 7.91. The summed E-state index contributed by atoms with van der Waals surface area (Å²) >= 11 is 1.79.